The van der Waals surface area contributed by atoms with Crippen molar-refractivity contribution in [3.8, 4) is 11.6 Å². The molecule has 1 saturated heterocycles. The van der Waals surface area contributed by atoms with Crippen LogP contribution in [0.2, 0.25) is 0 Å². The van der Waals surface area contributed by atoms with Crippen LogP contribution in [0.25, 0.3) is 10.2 Å². The summed E-state index contributed by atoms with van der Waals surface area (Å²) in [4.78, 5) is 32.7. The maximum absolute atomic E-state index is 13.0. The largest absolute Gasteiger partial charge is 0.439 e. The molecule has 0 N–H and O–H groups in total. The third-order valence-corrected chi connectivity index (χ3v) is 6.71. The predicted molar refractivity (Wildman–Crippen MR) is 126 cm³/mol. The minimum absolute atomic E-state index is 0.0138. The van der Waals surface area contributed by atoms with Crippen molar-refractivity contribution in [3.63, 3.8) is 0 Å². The Morgan fingerprint density at radius 1 is 1.03 bits per heavy atom. The summed E-state index contributed by atoms with van der Waals surface area (Å²) < 4.78 is 5.71. The lowest BCUT2D eigenvalue weighted by molar-refractivity contribution is 0.0746. The van der Waals surface area contributed by atoms with Crippen LogP contribution >= 0.6 is 11.3 Å². The SMILES string of the molecule is CCc1cc2c(N3CCN(C(=O)c4ccc(Oc5ccccc5)nc4)CC3)ncnc2s1. The number of aryl methyl sites for hydroxylation is 1. The summed E-state index contributed by atoms with van der Waals surface area (Å²) in [6, 6.07) is 15.2. The van der Waals surface area contributed by atoms with Crippen molar-refractivity contribution in [2.45, 2.75) is 13.3 Å². The van der Waals surface area contributed by atoms with Crippen molar-refractivity contribution in [2.75, 3.05) is 31.1 Å². The fourth-order valence-corrected chi connectivity index (χ4v) is 4.73. The third kappa shape index (κ3) is 4.13. The Balaban J connectivity index is 1.23. The van der Waals surface area contributed by atoms with Crippen molar-refractivity contribution in [1.29, 1.82) is 0 Å². The standard InChI is InChI=1S/C24H23N5O2S/c1-2-19-14-20-22(26-16-27-23(20)32-19)28-10-12-29(13-11-28)24(30)17-8-9-21(25-15-17)31-18-6-4-3-5-7-18/h3-9,14-16H,2,10-13H2,1H3. The molecule has 7 nitrogen and oxygen atoms in total. The first kappa shape index (κ1) is 20.4. The zero-order valence-electron chi connectivity index (χ0n) is 17.8. The molecule has 5 rings (SSSR count). The van der Waals surface area contributed by atoms with Gasteiger partial charge in [0, 0.05) is 43.3 Å². The Hall–Kier alpha value is -3.52. The summed E-state index contributed by atoms with van der Waals surface area (Å²) in [5, 5.41) is 1.10. The number of aromatic nitrogens is 3. The smallest absolute Gasteiger partial charge is 0.255 e. The Kier molecular flexibility index (Phi) is 5.68. The van der Waals surface area contributed by atoms with E-state index in [4.69, 9.17) is 4.74 Å². The van der Waals surface area contributed by atoms with Gasteiger partial charge < -0.3 is 14.5 Å². The molecule has 1 aromatic carbocycles. The van der Waals surface area contributed by atoms with Gasteiger partial charge in [0.05, 0.1) is 10.9 Å². The van der Waals surface area contributed by atoms with Crippen LogP contribution in [0.3, 0.4) is 0 Å². The molecule has 0 spiro atoms. The maximum Gasteiger partial charge on any atom is 0.255 e. The molecule has 32 heavy (non-hydrogen) atoms. The lowest BCUT2D eigenvalue weighted by Gasteiger charge is -2.35. The Bertz CT molecular complexity index is 1220. The molecule has 1 aliphatic heterocycles. The number of pyridine rings is 1. The lowest BCUT2D eigenvalue weighted by Crippen LogP contribution is -2.49. The van der Waals surface area contributed by atoms with E-state index in [1.807, 2.05) is 35.2 Å². The van der Waals surface area contributed by atoms with Crippen LogP contribution in [0.1, 0.15) is 22.2 Å². The molecule has 162 valence electrons. The number of anilines is 1. The molecule has 4 aromatic rings. The number of piperazine rings is 1. The second kappa shape index (κ2) is 8.92. The number of nitrogens with zero attached hydrogens (tertiary/aromatic N) is 5. The van der Waals surface area contributed by atoms with E-state index in [-0.39, 0.29) is 5.91 Å². The molecule has 3 aromatic heterocycles. The van der Waals surface area contributed by atoms with E-state index in [9.17, 15) is 4.79 Å². The number of rotatable bonds is 5. The van der Waals surface area contributed by atoms with Crippen molar-refractivity contribution < 1.29 is 9.53 Å². The zero-order chi connectivity index (χ0) is 21.9. The molecule has 0 unspecified atom stereocenters. The molecule has 8 heteroatoms. The average molecular weight is 446 g/mol. The van der Waals surface area contributed by atoms with E-state index < -0.39 is 0 Å². The lowest BCUT2D eigenvalue weighted by atomic mass is 10.2. The monoisotopic (exact) mass is 445 g/mol. The number of carbonyl (C=O) groups is 1. The summed E-state index contributed by atoms with van der Waals surface area (Å²) in [6.07, 6.45) is 4.21. The molecule has 0 bridgehead atoms. The molecule has 4 heterocycles. The van der Waals surface area contributed by atoms with Crippen molar-refractivity contribution >= 4 is 33.3 Å². The molecular weight excluding hydrogens is 422 g/mol. The molecule has 0 aliphatic carbocycles. The van der Waals surface area contributed by atoms with Gasteiger partial charge in [-0.1, -0.05) is 25.1 Å². The molecular formula is C24H23N5O2S. The second-order valence-corrected chi connectivity index (χ2v) is 8.68. The van der Waals surface area contributed by atoms with E-state index in [1.54, 1.807) is 36.0 Å². The number of ether oxygens (including phenoxy) is 1. The first-order valence-electron chi connectivity index (χ1n) is 10.7. The molecule has 0 saturated carbocycles. The Morgan fingerprint density at radius 2 is 1.84 bits per heavy atom. The number of benzene rings is 1. The van der Waals surface area contributed by atoms with Gasteiger partial charge in [0.25, 0.3) is 5.91 Å². The van der Waals surface area contributed by atoms with E-state index in [2.05, 4.69) is 32.8 Å². The molecule has 0 radical (unpaired) electrons. The fourth-order valence-electron chi connectivity index (χ4n) is 3.80. The summed E-state index contributed by atoms with van der Waals surface area (Å²) in [5.74, 6) is 2.13. The van der Waals surface area contributed by atoms with E-state index >= 15 is 0 Å². The van der Waals surface area contributed by atoms with Crippen molar-refractivity contribution in [3.05, 3.63) is 71.5 Å². The van der Waals surface area contributed by atoms with Gasteiger partial charge in [-0.25, -0.2) is 15.0 Å². The highest BCUT2D eigenvalue weighted by Crippen LogP contribution is 2.31. The summed E-state index contributed by atoms with van der Waals surface area (Å²) in [7, 11) is 0. The average Bonchev–Trinajstić information content (AvgIpc) is 3.29. The summed E-state index contributed by atoms with van der Waals surface area (Å²) >= 11 is 1.72. The van der Waals surface area contributed by atoms with Gasteiger partial charge in [-0.2, -0.15) is 0 Å². The summed E-state index contributed by atoms with van der Waals surface area (Å²) in [5.41, 5.74) is 0.564. The van der Waals surface area contributed by atoms with Crippen LogP contribution in [0.15, 0.2) is 61.1 Å². The quantitative estimate of drug-likeness (QED) is 0.453. The Labute approximate surface area is 190 Å². The topological polar surface area (TPSA) is 71.5 Å². The predicted octanol–water partition coefficient (Wildman–Crippen LogP) is 4.40. The van der Waals surface area contributed by atoms with Crippen LogP contribution < -0.4 is 9.64 Å². The van der Waals surface area contributed by atoms with E-state index in [0.717, 1.165) is 35.5 Å². The zero-order valence-corrected chi connectivity index (χ0v) is 18.6. The normalized spacial score (nSPS) is 14.0. The van der Waals surface area contributed by atoms with Crippen LogP contribution in [-0.4, -0.2) is 51.9 Å². The number of para-hydroxylation sites is 1. The minimum atomic E-state index is -0.0138. The molecule has 0 atom stereocenters. The van der Waals surface area contributed by atoms with Gasteiger partial charge in [-0.3, -0.25) is 4.79 Å². The summed E-state index contributed by atoms with van der Waals surface area (Å²) in [6.45, 7) is 4.89. The number of hydrogen-bond acceptors (Lipinski definition) is 7. The number of hydrogen-bond donors (Lipinski definition) is 0. The number of amides is 1. The maximum atomic E-state index is 13.0. The first-order chi connectivity index (χ1) is 15.7. The number of fused-ring (bicyclic) bond motifs is 1. The Morgan fingerprint density at radius 3 is 2.56 bits per heavy atom. The first-order valence-corrected chi connectivity index (χ1v) is 11.5. The van der Waals surface area contributed by atoms with Gasteiger partial charge >= 0.3 is 0 Å². The van der Waals surface area contributed by atoms with Crippen LogP contribution in [0.5, 0.6) is 11.6 Å². The van der Waals surface area contributed by atoms with Gasteiger partial charge in [0.1, 0.15) is 22.7 Å². The molecule has 1 amide bonds. The molecule has 1 fully saturated rings. The number of thiophene rings is 1. The van der Waals surface area contributed by atoms with Crippen molar-refractivity contribution in [2.24, 2.45) is 0 Å². The second-order valence-electron chi connectivity index (χ2n) is 7.56. The highest BCUT2D eigenvalue weighted by Gasteiger charge is 2.24. The minimum Gasteiger partial charge on any atom is -0.439 e. The van der Waals surface area contributed by atoms with E-state index in [1.165, 1.54) is 4.88 Å². The highest BCUT2D eigenvalue weighted by atomic mass is 32.1. The van der Waals surface area contributed by atoms with Crippen LogP contribution in [0, 0.1) is 0 Å². The van der Waals surface area contributed by atoms with Gasteiger partial charge in [0.2, 0.25) is 5.88 Å². The fraction of sp³-hybridized carbons (Fsp3) is 0.250. The third-order valence-electron chi connectivity index (χ3n) is 5.52. The van der Waals surface area contributed by atoms with E-state index in [0.29, 0.717) is 30.3 Å². The van der Waals surface area contributed by atoms with Gasteiger partial charge in [-0.15, -0.1) is 11.3 Å². The number of carbonyl (C=O) groups excluding carboxylic acids is 1. The van der Waals surface area contributed by atoms with Gasteiger partial charge in [0.15, 0.2) is 0 Å². The van der Waals surface area contributed by atoms with Gasteiger partial charge in [-0.05, 0) is 30.7 Å². The van der Waals surface area contributed by atoms with Crippen molar-refractivity contribution in [1.82, 2.24) is 19.9 Å². The highest BCUT2D eigenvalue weighted by molar-refractivity contribution is 7.18. The van der Waals surface area contributed by atoms with Crippen LogP contribution in [-0.2, 0) is 6.42 Å². The molecule has 1 aliphatic rings. The van der Waals surface area contributed by atoms with Crippen LogP contribution in [0.4, 0.5) is 5.82 Å².